The van der Waals surface area contributed by atoms with E-state index in [0.29, 0.717) is 6.42 Å². The molecule has 1 fully saturated rings. The third-order valence-electron chi connectivity index (χ3n) is 3.16. The Bertz CT molecular complexity index is 558. The van der Waals surface area contributed by atoms with Gasteiger partial charge in [-0.25, -0.2) is 8.42 Å². The average molecular weight is 318 g/mol. The van der Waals surface area contributed by atoms with Gasteiger partial charge < -0.3 is 10.1 Å². The maximum atomic E-state index is 11.6. The molecule has 0 amide bonds. The van der Waals surface area contributed by atoms with Gasteiger partial charge in [0.2, 0.25) is 0 Å². The normalized spacial score (nSPS) is 29.5. The second kappa shape index (κ2) is 3.88. The Labute approximate surface area is 108 Å². The highest BCUT2D eigenvalue weighted by Crippen LogP contribution is 2.36. The lowest BCUT2D eigenvalue weighted by Gasteiger charge is -2.37. The molecule has 6 heteroatoms. The fourth-order valence-electron chi connectivity index (χ4n) is 2.32. The molecule has 2 atom stereocenters. The molecule has 1 saturated heterocycles. The number of hydrogen-bond donors (Lipinski definition) is 1. The zero-order valence-electron chi connectivity index (χ0n) is 9.02. The van der Waals surface area contributed by atoms with Crippen molar-refractivity contribution in [2.24, 2.45) is 0 Å². The zero-order valence-corrected chi connectivity index (χ0v) is 11.4. The maximum Gasteiger partial charge on any atom is 0.152 e. The number of benzene rings is 1. The first-order valence-corrected chi connectivity index (χ1v) is 8.08. The quantitative estimate of drug-likeness (QED) is 0.793. The molecule has 1 aromatic carbocycles. The average Bonchev–Trinajstić information content (AvgIpc) is 2.25. The van der Waals surface area contributed by atoms with Crippen molar-refractivity contribution in [3.8, 4) is 5.75 Å². The summed E-state index contributed by atoms with van der Waals surface area (Å²) in [5.74, 6) is 1.18. The van der Waals surface area contributed by atoms with Gasteiger partial charge in [0.05, 0.1) is 23.2 Å². The maximum absolute atomic E-state index is 11.6. The SMILES string of the molecule is O=S1(=O)CCC2Oc3ccc(Br)cc3NC2C1. The van der Waals surface area contributed by atoms with Crippen molar-refractivity contribution in [3.63, 3.8) is 0 Å². The molecule has 1 aromatic rings. The van der Waals surface area contributed by atoms with Crippen LogP contribution in [-0.4, -0.2) is 32.1 Å². The molecule has 1 N–H and O–H groups in total. The third kappa shape index (κ3) is 2.15. The van der Waals surface area contributed by atoms with Crippen LogP contribution in [0.5, 0.6) is 5.75 Å². The molecule has 0 spiro atoms. The summed E-state index contributed by atoms with van der Waals surface area (Å²) in [6.45, 7) is 0. The molecule has 0 radical (unpaired) electrons. The van der Waals surface area contributed by atoms with Crippen LogP contribution < -0.4 is 10.1 Å². The van der Waals surface area contributed by atoms with Gasteiger partial charge in [-0.05, 0) is 18.2 Å². The van der Waals surface area contributed by atoms with E-state index >= 15 is 0 Å². The Balaban J connectivity index is 1.93. The number of halogens is 1. The van der Waals surface area contributed by atoms with E-state index < -0.39 is 9.84 Å². The molecule has 92 valence electrons. The largest absolute Gasteiger partial charge is 0.486 e. The standard InChI is InChI=1S/C11H12BrNO3S/c12-7-1-2-10-8(5-7)13-9-6-17(14,15)4-3-11(9)16-10/h1-2,5,9,11,13H,3-4,6H2. The van der Waals surface area contributed by atoms with Gasteiger partial charge in [-0.1, -0.05) is 15.9 Å². The van der Waals surface area contributed by atoms with E-state index in [1.54, 1.807) is 0 Å². The number of nitrogens with one attached hydrogen (secondary N) is 1. The monoisotopic (exact) mass is 317 g/mol. The van der Waals surface area contributed by atoms with E-state index in [9.17, 15) is 8.42 Å². The van der Waals surface area contributed by atoms with Gasteiger partial charge >= 0.3 is 0 Å². The highest BCUT2D eigenvalue weighted by atomic mass is 79.9. The summed E-state index contributed by atoms with van der Waals surface area (Å²) in [4.78, 5) is 0. The van der Waals surface area contributed by atoms with Crippen LogP contribution in [0.15, 0.2) is 22.7 Å². The van der Waals surface area contributed by atoms with Crippen LogP contribution in [0, 0.1) is 0 Å². The second-order valence-electron chi connectivity index (χ2n) is 4.45. The smallest absolute Gasteiger partial charge is 0.152 e. The lowest BCUT2D eigenvalue weighted by atomic mass is 10.1. The van der Waals surface area contributed by atoms with Gasteiger partial charge in [-0.3, -0.25) is 0 Å². The molecule has 2 heterocycles. The lowest BCUT2D eigenvalue weighted by Crippen LogP contribution is -2.50. The van der Waals surface area contributed by atoms with Crippen LogP contribution in [0.2, 0.25) is 0 Å². The van der Waals surface area contributed by atoms with Gasteiger partial charge in [0, 0.05) is 10.9 Å². The summed E-state index contributed by atoms with van der Waals surface area (Å²) in [5, 5.41) is 3.26. The number of sulfone groups is 1. The van der Waals surface area contributed by atoms with E-state index in [-0.39, 0.29) is 23.7 Å². The van der Waals surface area contributed by atoms with Gasteiger partial charge in [-0.15, -0.1) is 0 Å². The van der Waals surface area contributed by atoms with E-state index in [2.05, 4.69) is 21.2 Å². The predicted molar refractivity (Wildman–Crippen MR) is 69.2 cm³/mol. The summed E-state index contributed by atoms with van der Waals surface area (Å²) in [5.41, 5.74) is 0.859. The Kier molecular flexibility index (Phi) is 2.59. The minimum atomic E-state index is -2.92. The molecule has 0 bridgehead atoms. The van der Waals surface area contributed by atoms with Gasteiger partial charge in [0.1, 0.15) is 11.9 Å². The van der Waals surface area contributed by atoms with Crippen LogP contribution in [0.25, 0.3) is 0 Å². The van der Waals surface area contributed by atoms with Crippen molar-refractivity contribution in [1.82, 2.24) is 0 Å². The summed E-state index contributed by atoms with van der Waals surface area (Å²) >= 11 is 3.39. The summed E-state index contributed by atoms with van der Waals surface area (Å²) in [6, 6.07) is 5.59. The Hall–Kier alpha value is -0.750. The number of rotatable bonds is 0. The van der Waals surface area contributed by atoms with Crippen molar-refractivity contribution in [2.75, 3.05) is 16.8 Å². The van der Waals surface area contributed by atoms with Crippen LogP contribution in [0.3, 0.4) is 0 Å². The van der Waals surface area contributed by atoms with Crippen molar-refractivity contribution in [3.05, 3.63) is 22.7 Å². The number of anilines is 1. The molecular formula is C11H12BrNO3S. The second-order valence-corrected chi connectivity index (χ2v) is 7.60. The summed E-state index contributed by atoms with van der Waals surface area (Å²) in [7, 11) is -2.92. The van der Waals surface area contributed by atoms with E-state index in [1.807, 2.05) is 18.2 Å². The van der Waals surface area contributed by atoms with Crippen LogP contribution in [0.1, 0.15) is 6.42 Å². The first kappa shape index (κ1) is 11.3. The number of hydrogen-bond acceptors (Lipinski definition) is 4. The highest BCUT2D eigenvalue weighted by Gasteiger charge is 2.37. The Morgan fingerprint density at radius 3 is 3.06 bits per heavy atom. The molecule has 2 unspecified atom stereocenters. The van der Waals surface area contributed by atoms with Gasteiger partial charge in [-0.2, -0.15) is 0 Å². The molecule has 2 aliphatic rings. The van der Waals surface area contributed by atoms with Crippen LogP contribution >= 0.6 is 15.9 Å². The molecule has 2 aliphatic heterocycles. The highest BCUT2D eigenvalue weighted by molar-refractivity contribution is 9.10. The fraction of sp³-hybridized carbons (Fsp3) is 0.455. The minimum absolute atomic E-state index is 0.0350. The molecule has 17 heavy (non-hydrogen) atoms. The predicted octanol–water partition coefficient (Wildman–Crippen LogP) is 1.81. The molecule has 3 rings (SSSR count). The molecule has 0 aromatic heterocycles. The minimum Gasteiger partial charge on any atom is -0.486 e. The summed E-state index contributed by atoms with van der Waals surface area (Å²) in [6.07, 6.45) is 0.530. The molecular weight excluding hydrogens is 306 g/mol. The van der Waals surface area contributed by atoms with Crippen LogP contribution in [0.4, 0.5) is 5.69 Å². The van der Waals surface area contributed by atoms with Gasteiger partial charge in [0.25, 0.3) is 0 Å². The van der Waals surface area contributed by atoms with E-state index in [0.717, 1.165) is 15.9 Å². The van der Waals surface area contributed by atoms with Crippen LogP contribution in [-0.2, 0) is 9.84 Å². The molecule has 0 saturated carbocycles. The zero-order chi connectivity index (χ0) is 12.0. The fourth-order valence-corrected chi connectivity index (χ4v) is 4.28. The Morgan fingerprint density at radius 2 is 2.24 bits per heavy atom. The van der Waals surface area contributed by atoms with E-state index in [4.69, 9.17) is 4.74 Å². The van der Waals surface area contributed by atoms with Crippen molar-refractivity contribution < 1.29 is 13.2 Å². The van der Waals surface area contributed by atoms with Crippen molar-refractivity contribution in [2.45, 2.75) is 18.6 Å². The third-order valence-corrected chi connectivity index (χ3v) is 5.37. The first-order valence-electron chi connectivity index (χ1n) is 5.47. The lowest BCUT2D eigenvalue weighted by molar-refractivity contribution is 0.167. The topological polar surface area (TPSA) is 55.4 Å². The molecule has 0 aliphatic carbocycles. The van der Waals surface area contributed by atoms with Gasteiger partial charge in [0.15, 0.2) is 9.84 Å². The first-order chi connectivity index (χ1) is 8.03. The summed E-state index contributed by atoms with van der Waals surface area (Å²) < 4.78 is 29.9. The Morgan fingerprint density at radius 1 is 1.41 bits per heavy atom. The number of ether oxygens (including phenoxy) is 1. The number of fused-ring (bicyclic) bond motifs is 2. The van der Waals surface area contributed by atoms with Crippen molar-refractivity contribution in [1.29, 1.82) is 0 Å². The van der Waals surface area contributed by atoms with Crippen molar-refractivity contribution >= 4 is 31.5 Å². The molecule has 4 nitrogen and oxygen atoms in total. The van der Waals surface area contributed by atoms with E-state index in [1.165, 1.54) is 0 Å².